The van der Waals surface area contributed by atoms with Crippen molar-refractivity contribution < 1.29 is 13.5 Å². The predicted molar refractivity (Wildman–Crippen MR) is 109 cm³/mol. The minimum Gasteiger partial charge on any atom is -0.388 e. The lowest BCUT2D eigenvalue weighted by Gasteiger charge is -2.10. The fourth-order valence-electron chi connectivity index (χ4n) is 2.64. The molecule has 1 heterocycles. The summed E-state index contributed by atoms with van der Waals surface area (Å²) in [6, 6.07) is 14.2. The van der Waals surface area contributed by atoms with Crippen LogP contribution in [0.2, 0.25) is 5.02 Å². The van der Waals surface area contributed by atoms with Crippen LogP contribution in [0.1, 0.15) is 29.3 Å². The van der Waals surface area contributed by atoms with Gasteiger partial charge >= 0.3 is 0 Å². The van der Waals surface area contributed by atoms with Gasteiger partial charge in [-0.15, -0.1) is 11.3 Å². The van der Waals surface area contributed by atoms with Gasteiger partial charge in [0.05, 0.1) is 16.7 Å². The van der Waals surface area contributed by atoms with E-state index in [2.05, 4.69) is 9.71 Å². The average molecular weight is 423 g/mol. The fourth-order valence-corrected chi connectivity index (χ4v) is 5.14. The second-order valence-electron chi connectivity index (χ2n) is 6.08. The Morgan fingerprint density at radius 3 is 2.67 bits per heavy atom. The summed E-state index contributed by atoms with van der Waals surface area (Å²) in [6.07, 6.45) is 0.472. The number of hydrogen-bond donors (Lipinski definition) is 2. The Morgan fingerprint density at radius 1 is 1.19 bits per heavy atom. The van der Waals surface area contributed by atoms with Crippen molar-refractivity contribution in [2.75, 3.05) is 4.72 Å². The molecule has 0 amide bonds. The lowest BCUT2D eigenvalue weighted by Crippen LogP contribution is -2.14. The summed E-state index contributed by atoms with van der Waals surface area (Å²) in [5.41, 5.74) is 2.08. The van der Waals surface area contributed by atoms with Crippen LogP contribution in [0.4, 0.5) is 5.13 Å². The smallest absolute Gasteiger partial charge is 0.263 e. The number of nitrogens with one attached hydrogen (secondary N) is 1. The van der Waals surface area contributed by atoms with E-state index >= 15 is 0 Å². The van der Waals surface area contributed by atoms with E-state index in [-0.39, 0.29) is 4.90 Å². The van der Waals surface area contributed by atoms with Gasteiger partial charge in [-0.1, -0.05) is 48.0 Å². The van der Waals surface area contributed by atoms with E-state index in [1.165, 1.54) is 17.4 Å². The van der Waals surface area contributed by atoms with Crippen LogP contribution in [0.25, 0.3) is 0 Å². The molecule has 0 bridgehead atoms. The molecule has 0 spiro atoms. The highest BCUT2D eigenvalue weighted by atomic mass is 35.5. The van der Waals surface area contributed by atoms with Crippen molar-refractivity contribution in [1.82, 2.24) is 4.98 Å². The molecule has 1 atom stereocenters. The minimum atomic E-state index is -3.76. The van der Waals surface area contributed by atoms with Crippen LogP contribution in [-0.4, -0.2) is 18.5 Å². The molecular formula is C19H19ClN2O3S2. The third-order valence-electron chi connectivity index (χ3n) is 4.14. The van der Waals surface area contributed by atoms with Crippen LogP contribution >= 0.6 is 22.9 Å². The summed E-state index contributed by atoms with van der Waals surface area (Å²) in [5, 5.41) is 12.7. The number of aliphatic hydroxyl groups is 1. The van der Waals surface area contributed by atoms with E-state index < -0.39 is 16.1 Å². The first-order chi connectivity index (χ1) is 12.9. The van der Waals surface area contributed by atoms with Gasteiger partial charge in [-0.25, -0.2) is 13.4 Å². The standard InChI is InChI=1S/C19H19ClN2O3S2/c1-13-16(20)8-5-9-18(13)27(24,25)22-19-21-15(12-26-19)10-11-17(23)14-6-3-2-4-7-14/h2-9,12,17,23H,10-11H2,1H3,(H,21,22). The van der Waals surface area contributed by atoms with Gasteiger partial charge in [-0.3, -0.25) is 4.72 Å². The summed E-state index contributed by atoms with van der Waals surface area (Å²) in [6.45, 7) is 1.66. The van der Waals surface area contributed by atoms with E-state index in [9.17, 15) is 13.5 Å². The number of halogens is 1. The Hall–Kier alpha value is -1.93. The number of anilines is 1. The van der Waals surface area contributed by atoms with Gasteiger partial charge < -0.3 is 5.11 Å². The highest BCUT2D eigenvalue weighted by Crippen LogP contribution is 2.27. The fraction of sp³-hybridized carbons (Fsp3) is 0.211. The second kappa shape index (κ2) is 8.39. The Morgan fingerprint density at radius 2 is 1.93 bits per heavy atom. The molecule has 8 heteroatoms. The predicted octanol–water partition coefficient (Wildman–Crippen LogP) is 4.57. The van der Waals surface area contributed by atoms with Gasteiger partial charge in [0, 0.05) is 10.4 Å². The molecule has 1 unspecified atom stereocenters. The first kappa shape index (κ1) is 19.8. The van der Waals surface area contributed by atoms with E-state index in [4.69, 9.17) is 11.6 Å². The molecule has 0 saturated heterocycles. The largest absolute Gasteiger partial charge is 0.388 e. The monoisotopic (exact) mass is 422 g/mol. The summed E-state index contributed by atoms with van der Waals surface area (Å²) in [4.78, 5) is 4.45. The number of aliphatic hydroxyl groups excluding tert-OH is 1. The normalized spacial score (nSPS) is 12.7. The van der Waals surface area contributed by atoms with Crippen molar-refractivity contribution in [1.29, 1.82) is 0 Å². The van der Waals surface area contributed by atoms with Gasteiger partial charge in [-0.2, -0.15) is 0 Å². The molecule has 0 aliphatic carbocycles. The zero-order valence-corrected chi connectivity index (χ0v) is 17.0. The van der Waals surface area contributed by atoms with E-state index in [1.807, 2.05) is 30.3 Å². The van der Waals surface area contributed by atoms with Crippen molar-refractivity contribution in [2.45, 2.75) is 30.8 Å². The number of hydrogen-bond acceptors (Lipinski definition) is 5. The Kier molecular flexibility index (Phi) is 6.16. The first-order valence-electron chi connectivity index (χ1n) is 8.32. The Balaban J connectivity index is 1.66. The molecule has 142 valence electrons. The number of thiazole rings is 1. The molecule has 0 aliphatic heterocycles. The molecule has 3 rings (SSSR count). The third kappa shape index (κ3) is 4.87. The molecule has 27 heavy (non-hydrogen) atoms. The van der Waals surface area contributed by atoms with E-state index in [0.29, 0.717) is 28.6 Å². The van der Waals surface area contributed by atoms with Gasteiger partial charge in [0.2, 0.25) is 0 Å². The van der Waals surface area contributed by atoms with Crippen molar-refractivity contribution in [3.05, 3.63) is 75.8 Å². The van der Waals surface area contributed by atoms with Crippen molar-refractivity contribution >= 4 is 38.1 Å². The van der Waals surface area contributed by atoms with Crippen molar-refractivity contribution in [3.8, 4) is 0 Å². The summed E-state index contributed by atoms with van der Waals surface area (Å²) in [5.74, 6) is 0. The molecule has 0 radical (unpaired) electrons. The third-order valence-corrected chi connectivity index (χ3v) is 6.97. The van der Waals surface area contributed by atoms with Gasteiger partial charge in [0.1, 0.15) is 0 Å². The molecular weight excluding hydrogens is 404 g/mol. The number of rotatable bonds is 7. The molecule has 0 fully saturated rings. The number of benzene rings is 2. The second-order valence-corrected chi connectivity index (χ2v) is 8.99. The molecule has 2 aromatic carbocycles. The van der Waals surface area contributed by atoms with Crippen LogP contribution in [-0.2, 0) is 16.4 Å². The lowest BCUT2D eigenvalue weighted by atomic mass is 10.0. The summed E-state index contributed by atoms with van der Waals surface area (Å²) in [7, 11) is -3.76. The summed E-state index contributed by atoms with van der Waals surface area (Å²) >= 11 is 7.23. The SMILES string of the molecule is Cc1c(Cl)cccc1S(=O)(=O)Nc1nc(CCC(O)c2ccccc2)cs1. The van der Waals surface area contributed by atoms with Gasteiger partial charge in [0.15, 0.2) is 5.13 Å². The van der Waals surface area contributed by atoms with Crippen LogP contribution in [0.15, 0.2) is 58.8 Å². The minimum absolute atomic E-state index is 0.131. The zero-order chi connectivity index (χ0) is 19.4. The maximum atomic E-state index is 12.6. The topological polar surface area (TPSA) is 79.3 Å². The highest BCUT2D eigenvalue weighted by molar-refractivity contribution is 7.93. The molecule has 0 aliphatic rings. The van der Waals surface area contributed by atoms with Crippen LogP contribution in [0.5, 0.6) is 0 Å². The maximum absolute atomic E-state index is 12.6. The Labute approximate surface area is 167 Å². The van der Waals surface area contributed by atoms with Gasteiger partial charge in [-0.05, 0) is 43.0 Å². The highest BCUT2D eigenvalue weighted by Gasteiger charge is 2.20. The number of aromatic nitrogens is 1. The van der Waals surface area contributed by atoms with E-state index in [1.54, 1.807) is 24.4 Å². The molecule has 5 nitrogen and oxygen atoms in total. The quantitative estimate of drug-likeness (QED) is 0.584. The molecule has 2 N–H and O–H groups in total. The van der Waals surface area contributed by atoms with Crippen LogP contribution < -0.4 is 4.72 Å². The zero-order valence-electron chi connectivity index (χ0n) is 14.6. The van der Waals surface area contributed by atoms with E-state index in [0.717, 1.165) is 11.3 Å². The molecule has 0 saturated carbocycles. The lowest BCUT2D eigenvalue weighted by molar-refractivity contribution is 0.167. The van der Waals surface area contributed by atoms with Crippen LogP contribution in [0.3, 0.4) is 0 Å². The number of nitrogens with zero attached hydrogens (tertiary/aromatic N) is 1. The molecule has 1 aromatic heterocycles. The molecule has 3 aromatic rings. The van der Waals surface area contributed by atoms with Crippen molar-refractivity contribution in [2.24, 2.45) is 0 Å². The number of aryl methyl sites for hydroxylation is 1. The maximum Gasteiger partial charge on any atom is 0.263 e. The number of sulfonamides is 1. The Bertz CT molecular complexity index is 1020. The van der Waals surface area contributed by atoms with Gasteiger partial charge in [0.25, 0.3) is 10.0 Å². The summed E-state index contributed by atoms with van der Waals surface area (Å²) < 4.78 is 27.7. The average Bonchev–Trinajstić information content (AvgIpc) is 3.09. The van der Waals surface area contributed by atoms with Crippen LogP contribution in [0, 0.1) is 6.92 Å². The van der Waals surface area contributed by atoms with Crippen molar-refractivity contribution in [3.63, 3.8) is 0 Å². The first-order valence-corrected chi connectivity index (χ1v) is 11.1.